The molecule has 2 heteroatoms. The molecule has 4 atom stereocenters. The van der Waals surface area contributed by atoms with Crippen LogP contribution >= 0.6 is 0 Å². The van der Waals surface area contributed by atoms with Crippen molar-refractivity contribution >= 4 is 0 Å². The molecule has 4 unspecified atom stereocenters. The molecule has 0 spiro atoms. The van der Waals surface area contributed by atoms with Crippen LogP contribution < -0.4 is 5.73 Å². The molecule has 3 rings (SSSR count). The van der Waals surface area contributed by atoms with Crippen LogP contribution in [0.2, 0.25) is 0 Å². The topological polar surface area (TPSA) is 29.3 Å². The van der Waals surface area contributed by atoms with Crippen molar-refractivity contribution in [1.29, 1.82) is 0 Å². The van der Waals surface area contributed by atoms with Crippen LogP contribution in [-0.4, -0.2) is 23.5 Å². The Kier molecular flexibility index (Phi) is 4.13. The molecule has 0 heterocycles. The van der Waals surface area contributed by atoms with E-state index in [1.807, 2.05) is 0 Å². The first-order chi connectivity index (χ1) is 9.65. The van der Waals surface area contributed by atoms with Gasteiger partial charge in [0.05, 0.1) is 0 Å². The lowest BCUT2D eigenvalue weighted by Crippen LogP contribution is -2.44. The minimum atomic E-state index is 0.450. The number of nitrogens with zero attached hydrogens (tertiary/aromatic N) is 1. The van der Waals surface area contributed by atoms with E-state index in [-0.39, 0.29) is 0 Å². The lowest BCUT2D eigenvalue weighted by atomic mass is 9.84. The Morgan fingerprint density at radius 2 is 1.85 bits per heavy atom. The van der Waals surface area contributed by atoms with E-state index < -0.39 is 0 Å². The first kappa shape index (κ1) is 14.1. The lowest BCUT2D eigenvalue weighted by Gasteiger charge is -2.35. The summed E-state index contributed by atoms with van der Waals surface area (Å²) in [7, 11) is 0. The molecule has 2 bridgehead atoms. The molecule has 20 heavy (non-hydrogen) atoms. The summed E-state index contributed by atoms with van der Waals surface area (Å²) in [6.45, 7) is 6.84. The van der Waals surface area contributed by atoms with E-state index in [2.05, 4.69) is 49.1 Å². The molecule has 2 nitrogen and oxygen atoms in total. The summed E-state index contributed by atoms with van der Waals surface area (Å²) in [6, 6.07) is 11.9. The van der Waals surface area contributed by atoms with Gasteiger partial charge in [0, 0.05) is 25.2 Å². The van der Waals surface area contributed by atoms with Crippen molar-refractivity contribution in [3.8, 4) is 0 Å². The van der Waals surface area contributed by atoms with E-state index in [1.54, 1.807) is 0 Å². The Hall–Kier alpha value is -0.860. The Morgan fingerprint density at radius 3 is 2.45 bits per heavy atom. The molecule has 2 aliphatic rings. The highest BCUT2D eigenvalue weighted by molar-refractivity contribution is 5.14. The van der Waals surface area contributed by atoms with E-state index >= 15 is 0 Å². The molecular formula is C18H28N2. The van der Waals surface area contributed by atoms with Gasteiger partial charge in [0.1, 0.15) is 0 Å². The molecule has 0 aliphatic heterocycles. The summed E-state index contributed by atoms with van der Waals surface area (Å²) in [6.07, 6.45) is 4.19. The number of benzene rings is 1. The summed E-state index contributed by atoms with van der Waals surface area (Å²) in [5.74, 6) is 2.43. The van der Waals surface area contributed by atoms with Crippen molar-refractivity contribution in [2.45, 2.75) is 51.7 Å². The largest absolute Gasteiger partial charge is 0.327 e. The number of nitrogens with two attached hydrogens (primary N) is 1. The molecule has 2 N–H and O–H groups in total. The van der Waals surface area contributed by atoms with Gasteiger partial charge in [0.15, 0.2) is 0 Å². The smallest absolute Gasteiger partial charge is 0.0236 e. The van der Waals surface area contributed by atoms with Crippen LogP contribution in [0.15, 0.2) is 30.3 Å². The van der Waals surface area contributed by atoms with Gasteiger partial charge in [-0.15, -0.1) is 0 Å². The highest BCUT2D eigenvalue weighted by Crippen LogP contribution is 2.47. The lowest BCUT2D eigenvalue weighted by molar-refractivity contribution is 0.139. The average molecular weight is 272 g/mol. The van der Waals surface area contributed by atoms with Crippen molar-refractivity contribution in [2.75, 3.05) is 6.54 Å². The molecule has 1 aromatic carbocycles. The highest BCUT2D eigenvalue weighted by Gasteiger charge is 2.46. The number of fused-ring (bicyclic) bond motifs is 2. The molecule has 2 fully saturated rings. The fourth-order valence-electron chi connectivity index (χ4n) is 4.27. The standard InChI is InChI=1S/C18H28N2/c1-13(2)20(11-14-6-4-3-5-7-14)12-17-15-8-9-16(10-15)18(17)19/h3-7,13,15-18H,8-12,19H2,1-2H3. The SMILES string of the molecule is CC(C)N(Cc1ccccc1)CC1C2CCC(C2)C1N. The number of rotatable bonds is 5. The fraction of sp³-hybridized carbons (Fsp3) is 0.667. The third kappa shape index (κ3) is 2.77. The van der Waals surface area contributed by atoms with E-state index in [9.17, 15) is 0 Å². The Balaban J connectivity index is 1.66. The van der Waals surface area contributed by atoms with E-state index in [0.29, 0.717) is 12.1 Å². The maximum atomic E-state index is 6.48. The van der Waals surface area contributed by atoms with Gasteiger partial charge in [-0.25, -0.2) is 0 Å². The second kappa shape index (κ2) is 5.87. The van der Waals surface area contributed by atoms with Crippen molar-refractivity contribution < 1.29 is 0 Å². The summed E-state index contributed by atoms with van der Waals surface area (Å²) >= 11 is 0. The third-order valence-corrected chi connectivity index (χ3v) is 5.56. The monoisotopic (exact) mass is 272 g/mol. The van der Waals surface area contributed by atoms with Gasteiger partial charge in [-0.05, 0) is 56.4 Å². The molecule has 0 aromatic heterocycles. The van der Waals surface area contributed by atoms with Crippen molar-refractivity contribution in [2.24, 2.45) is 23.5 Å². The molecule has 1 aromatic rings. The molecule has 2 saturated carbocycles. The van der Waals surface area contributed by atoms with Crippen LogP contribution in [0.1, 0.15) is 38.7 Å². The molecule has 2 aliphatic carbocycles. The maximum absolute atomic E-state index is 6.48. The first-order valence-corrected chi connectivity index (χ1v) is 8.18. The zero-order valence-corrected chi connectivity index (χ0v) is 12.8. The Morgan fingerprint density at radius 1 is 1.15 bits per heavy atom. The number of hydrogen-bond donors (Lipinski definition) is 1. The molecule has 110 valence electrons. The minimum Gasteiger partial charge on any atom is -0.327 e. The van der Waals surface area contributed by atoms with Gasteiger partial charge in [0.25, 0.3) is 0 Å². The normalized spacial score (nSPS) is 32.5. The van der Waals surface area contributed by atoms with E-state index in [1.165, 1.54) is 31.4 Å². The summed E-state index contributed by atoms with van der Waals surface area (Å²) in [5.41, 5.74) is 7.89. The zero-order valence-electron chi connectivity index (χ0n) is 12.8. The van der Waals surface area contributed by atoms with Gasteiger partial charge in [0.2, 0.25) is 0 Å². The van der Waals surface area contributed by atoms with Gasteiger partial charge in [-0.3, -0.25) is 4.90 Å². The van der Waals surface area contributed by atoms with Crippen LogP contribution in [0.25, 0.3) is 0 Å². The zero-order chi connectivity index (χ0) is 14.1. The van der Waals surface area contributed by atoms with Crippen LogP contribution in [0.3, 0.4) is 0 Å². The van der Waals surface area contributed by atoms with Gasteiger partial charge in [-0.2, -0.15) is 0 Å². The van der Waals surface area contributed by atoms with Crippen LogP contribution in [0.4, 0.5) is 0 Å². The third-order valence-electron chi connectivity index (χ3n) is 5.56. The van der Waals surface area contributed by atoms with E-state index in [0.717, 1.165) is 24.3 Å². The highest BCUT2D eigenvalue weighted by atomic mass is 15.2. The van der Waals surface area contributed by atoms with Crippen LogP contribution in [-0.2, 0) is 6.54 Å². The summed E-state index contributed by atoms with van der Waals surface area (Å²) in [5, 5.41) is 0. The van der Waals surface area contributed by atoms with Gasteiger partial charge in [-0.1, -0.05) is 30.3 Å². The second-order valence-corrected chi connectivity index (χ2v) is 7.08. The van der Waals surface area contributed by atoms with Crippen molar-refractivity contribution in [3.05, 3.63) is 35.9 Å². The van der Waals surface area contributed by atoms with Crippen molar-refractivity contribution in [1.82, 2.24) is 4.90 Å². The van der Waals surface area contributed by atoms with E-state index in [4.69, 9.17) is 5.73 Å². The van der Waals surface area contributed by atoms with Gasteiger partial charge >= 0.3 is 0 Å². The van der Waals surface area contributed by atoms with Crippen molar-refractivity contribution in [3.63, 3.8) is 0 Å². The predicted octanol–water partition coefficient (Wildman–Crippen LogP) is 3.27. The summed E-state index contributed by atoms with van der Waals surface area (Å²) in [4.78, 5) is 2.61. The Labute approximate surface area is 123 Å². The van der Waals surface area contributed by atoms with Crippen LogP contribution in [0.5, 0.6) is 0 Å². The summed E-state index contributed by atoms with van der Waals surface area (Å²) < 4.78 is 0. The maximum Gasteiger partial charge on any atom is 0.0236 e. The second-order valence-electron chi connectivity index (χ2n) is 7.08. The fourth-order valence-corrected chi connectivity index (χ4v) is 4.27. The first-order valence-electron chi connectivity index (χ1n) is 8.18. The van der Waals surface area contributed by atoms with Gasteiger partial charge < -0.3 is 5.73 Å². The Bertz CT molecular complexity index is 426. The predicted molar refractivity (Wildman–Crippen MR) is 84.3 cm³/mol. The molecular weight excluding hydrogens is 244 g/mol. The quantitative estimate of drug-likeness (QED) is 0.891. The average Bonchev–Trinajstić information content (AvgIpc) is 3.02. The molecule has 0 radical (unpaired) electrons. The number of hydrogen-bond acceptors (Lipinski definition) is 2. The van der Waals surface area contributed by atoms with Crippen LogP contribution in [0, 0.1) is 17.8 Å². The molecule has 0 amide bonds. The molecule has 0 saturated heterocycles. The minimum absolute atomic E-state index is 0.450.